The van der Waals surface area contributed by atoms with Gasteiger partial charge in [0, 0.05) is 23.2 Å². The van der Waals surface area contributed by atoms with Gasteiger partial charge >= 0.3 is 0 Å². The van der Waals surface area contributed by atoms with Crippen LogP contribution in [0.1, 0.15) is 112 Å². The molecule has 1 amide bonds. The Morgan fingerprint density at radius 2 is 1.54 bits per heavy atom. The summed E-state index contributed by atoms with van der Waals surface area (Å²) >= 11 is 0. The van der Waals surface area contributed by atoms with Crippen molar-refractivity contribution >= 4 is 13.8 Å². The fourth-order valence-electron chi connectivity index (χ4n) is 4.60. The second kappa shape index (κ2) is 9.52. The van der Waals surface area contributed by atoms with Gasteiger partial charge in [-0.3, -0.25) is 4.79 Å². The van der Waals surface area contributed by atoms with Crippen LogP contribution in [0.25, 0.3) is 0 Å². The van der Waals surface area contributed by atoms with Gasteiger partial charge in [0.05, 0.1) is 0 Å². The Bertz CT molecular complexity index is 574. The van der Waals surface area contributed by atoms with Crippen LogP contribution in [0.2, 0.25) is 0 Å². The Kier molecular flexibility index (Phi) is 7.10. The van der Waals surface area contributed by atoms with E-state index in [1.165, 1.54) is 77.0 Å². The third kappa shape index (κ3) is 5.55. The fraction of sp³-hybridized carbons (Fsp3) is 0.762. The predicted molar refractivity (Wildman–Crippen MR) is 108 cm³/mol. The van der Waals surface area contributed by atoms with E-state index in [9.17, 15) is 4.79 Å². The van der Waals surface area contributed by atoms with Gasteiger partial charge in [-0.05, 0) is 31.7 Å². The van der Waals surface area contributed by atoms with Crippen molar-refractivity contribution in [3.05, 3.63) is 23.8 Å². The van der Waals surface area contributed by atoms with Gasteiger partial charge in [-0.15, -0.1) is 0 Å². The summed E-state index contributed by atoms with van der Waals surface area (Å²) in [6.07, 6.45) is 19.1. The first kappa shape index (κ1) is 19.4. The highest BCUT2D eigenvalue weighted by Gasteiger charge is 2.28. The summed E-state index contributed by atoms with van der Waals surface area (Å²) in [7, 11) is 2.21. The van der Waals surface area contributed by atoms with Gasteiger partial charge in [-0.2, -0.15) is 0 Å². The molecular formula is C21H34BN3O. The summed E-state index contributed by atoms with van der Waals surface area (Å²) in [4.78, 5) is 21.8. The van der Waals surface area contributed by atoms with Crippen LogP contribution in [0, 0.1) is 0 Å². The molecule has 1 N–H and O–H groups in total. The van der Waals surface area contributed by atoms with Crippen LogP contribution in [0.3, 0.4) is 0 Å². The molecule has 0 saturated heterocycles. The van der Waals surface area contributed by atoms with Gasteiger partial charge in [0.2, 0.25) is 5.82 Å². The summed E-state index contributed by atoms with van der Waals surface area (Å²) in [5, 5.41) is 3.30. The molecule has 0 aliphatic heterocycles. The monoisotopic (exact) mass is 355 g/mol. The summed E-state index contributed by atoms with van der Waals surface area (Å²) in [6, 6.07) is 1.99. The lowest BCUT2D eigenvalue weighted by atomic mass is 9.70. The molecule has 2 saturated carbocycles. The Labute approximate surface area is 159 Å². The van der Waals surface area contributed by atoms with Crippen LogP contribution in [-0.4, -0.2) is 29.2 Å². The lowest BCUT2D eigenvalue weighted by Crippen LogP contribution is -2.49. The number of carbonyl (C=O) groups is 1. The van der Waals surface area contributed by atoms with Crippen molar-refractivity contribution in [3.8, 4) is 0 Å². The highest BCUT2D eigenvalue weighted by molar-refractivity contribution is 6.17. The first-order valence-electron chi connectivity index (χ1n) is 10.8. The van der Waals surface area contributed by atoms with Crippen LogP contribution in [0.4, 0.5) is 0 Å². The Morgan fingerprint density at radius 3 is 2.15 bits per heavy atom. The number of hydrogen-bond acceptors (Lipinski definition) is 3. The third-order valence-corrected chi connectivity index (χ3v) is 6.28. The molecule has 0 aromatic carbocycles. The summed E-state index contributed by atoms with van der Waals surface area (Å²) < 4.78 is 0. The number of nitrogens with zero attached hydrogens (tertiary/aromatic N) is 2. The minimum Gasteiger partial charge on any atom is -0.352 e. The van der Waals surface area contributed by atoms with E-state index in [0.29, 0.717) is 11.7 Å². The fourth-order valence-corrected chi connectivity index (χ4v) is 4.60. The van der Waals surface area contributed by atoms with Gasteiger partial charge in [-0.1, -0.05) is 64.2 Å². The van der Waals surface area contributed by atoms with Gasteiger partial charge in [0.1, 0.15) is 7.85 Å². The molecule has 2 aliphatic carbocycles. The van der Waals surface area contributed by atoms with Gasteiger partial charge in [-0.25, -0.2) is 9.97 Å². The number of rotatable bonds is 3. The molecule has 3 rings (SSSR count). The molecule has 1 aromatic rings. The average Bonchev–Trinajstić information content (AvgIpc) is 3.16. The zero-order valence-electron chi connectivity index (χ0n) is 16.4. The van der Waals surface area contributed by atoms with E-state index in [1.807, 2.05) is 6.07 Å². The first-order chi connectivity index (χ1) is 12.7. The van der Waals surface area contributed by atoms with Crippen molar-refractivity contribution in [3.63, 3.8) is 0 Å². The number of nitrogens with one attached hydrogen (secondary N) is 1. The zero-order valence-corrected chi connectivity index (χ0v) is 16.4. The number of amides is 1. The standard InChI is InChI=1S/C21H34BN3O/c22-21(14-9-5-3-1-2-4-6-10-15-21)25-20(26)19-23-16-13-18(24-19)17-11-7-8-12-17/h13,16-17H,1-12,14-15,22H2,(H,25,26). The van der Waals surface area contributed by atoms with Crippen LogP contribution in [-0.2, 0) is 0 Å². The minimum absolute atomic E-state index is 0.0952. The highest BCUT2D eigenvalue weighted by Crippen LogP contribution is 2.32. The summed E-state index contributed by atoms with van der Waals surface area (Å²) in [5.74, 6) is 0.768. The van der Waals surface area contributed by atoms with E-state index in [1.54, 1.807) is 6.20 Å². The molecular weight excluding hydrogens is 321 g/mol. The second-order valence-electron chi connectivity index (χ2n) is 8.63. The maximum atomic E-state index is 12.9. The Balaban J connectivity index is 1.65. The summed E-state index contributed by atoms with van der Waals surface area (Å²) in [6.45, 7) is 0. The van der Waals surface area contributed by atoms with E-state index in [-0.39, 0.29) is 11.3 Å². The van der Waals surface area contributed by atoms with E-state index in [0.717, 1.165) is 18.5 Å². The van der Waals surface area contributed by atoms with E-state index in [2.05, 4.69) is 23.1 Å². The molecule has 26 heavy (non-hydrogen) atoms. The molecule has 5 heteroatoms. The molecule has 0 radical (unpaired) electrons. The van der Waals surface area contributed by atoms with Crippen molar-refractivity contribution in [2.75, 3.05) is 0 Å². The van der Waals surface area contributed by atoms with Gasteiger partial charge in [0.25, 0.3) is 5.91 Å². The van der Waals surface area contributed by atoms with Crippen molar-refractivity contribution < 1.29 is 4.79 Å². The molecule has 142 valence electrons. The molecule has 0 bridgehead atoms. The van der Waals surface area contributed by atoms with E-state index in [4.69, 9.17) is 0 Å². The van der Waals surface area contributed by atoms with Crippen molar-refractivity contribution in [1.29, 1.82) is 0 Å². The molecule has 1 heterocycles. The molecule has 2 fully saturated rings. The third-order valence-electron chi connectivity index (χ3n) is 6.28. The predicted octanol–water partition coefficient (Wildman–Crippen LogP) is 4.11. The first-order valence-corrected chi connectivity index (χ1v) is 10.8. The van der Waals surface area contributed by atoms with Crippen LogP contribution >= 0.6 is 0 Å². The van der Waals surface area contributed by atoms with Crippen molar-refractivity contribution in [2.24, 2.45) is 0 Å². The number of carbonyl (C=O) groups excluding carboxylic acids is 1. The second-order valence-corrected chi connectivity index (χ2v) is 8.63. The number of aromatic nitrogens is 2. The Morgan fingerprint density at radius 1 is 0.962 bits per heavy atom. The van der Waals surface area contributed by atoms with Crippen LogP contribution in [0.5, 0.6) is 0 Å². The molecule has 2 aliphatic rings. The molecule has 0 spiro atoms. The normalized spacial score (nSPS) is 22.5. The molecule has 0 unspecified atom stereocenters. The smallest absolute Gasteiger partial charge is 0.288 e. The lowest BCUT2D eigenvalue weighted by Gasteiger charge is -2.31. The molecule has 4 nitrogen and oxygen atoms in total. The largest absolute Gasteiger partial charge is 0.352 e. The van der Waals surface area contributed by atoms with Gasteiger partial charge in [0.15, 0.2) is 0 Å². The van der Waals surface area contributed by atoms with Crippen LogP contribution in [0.15, 0.2) is 12.3 Å². The zero-order chi connectivity index (χ0) is 18.2. The minimum atomic E-state index is -0.131. The maximum Gasteiger partial charge on any atom is 0.288 e. The highest BCUT2D eigenvalue weighted by atomic mass is 16.2. The van der Waals surface area contributed by atoms with Crippen LogP contribution < -0.4 is 5.32 Å². The van der Waals surface area contributed by atoms with E-state index < -0.39 is 0 Å². The van der Waals surface area contributed by atoms with E-state index >= 15 is 0 Å². The summed E-state index contributed by atoms with van der Waals surface area (Å²) in [5.41, 5.74) is 0.920. The number of hydrogen-bond donors (Lipinski definition) is 1. The Hall–Kier alpha value is -1.39. The average molecular weight is 355 g/mol. The van der Waals surface area contributed by atoms with Gasteiger partial charge < -0.3 is 5.32 Å². The SMILES string of the molecule is BC1(NC(=O)c2nccc(C3CCCC3)n2)CCCCCCCCCC1. The maximum absolute atomic E-state index is 12.9. The van der Waals surface area contributed by atoms with Crippen molar-refractivity contribution in [1.82, 2.24) is 15.3 Å². The quantitative estimate of drug-likeness (QED) is 0.831. The molecule has 1 aromatic heterocycles. The molecule has 0 atom stereocenters. The lowest BCUT2D eigenvalue weighted by molar-refractivity contribution is 0.0908. The van der Waals surface area contributed by atoms with Crippen molar-refractivity contribution in [2.45, 2.75) is 101 Å². The topological polar surface area (TPSA) is 54.9 Å².